The van der Waals surface area contributed by atoms with Crippen LogP contribution in [0.1, 0.15) is 11.6 Å². The van der Waals surface area contributed by atoms with Crippen molar-refractivity contribution in [3.05, 3.63) is 22.2 Å². The molecule has 0 amide bonds. The number of rotatable bonds is 5. The Morgan fingerprint density at radius 1 is 1.24 bits per heavy atom. The predicted octanol–water partition coefficient (Wildman–Crippen LogP) is 2.80. The van der Waals surface area contributed by atoms with E-state index in [2.05, 4.69) is 26.1 Å². The van der Waals surface area contributed by atoms with Gasteiger partial charge in [-0.3, -0.25) is 4.90 Å². The molecule has 1 N–H and O–H groups in total. The van der Waals surface area contributed by atoms with E-state index < -0.39 is 6.67 Å². The second-order valence-electron chi connectivity index (χ2n) is 4.68. The maximum Gasteiger partial charge on any atom is 0.161 e. The van der Waals surface area contributed by atoms with Crippen LogP contribution in [0.5, 0.6) is 11.5 Å². The molecule has 0 aliphatic carbocycles. The molecule has 0 unspecified atom stereocenters. The maximum atomic E-state index is 13.6. The molecule has 1 aromatic rings. The average molecular weight is 384 g/mol. The first-order valence-corrected chi connectivity index (χ1v) is 7.42. The van der Waals surface area contributed by atoms with E-state index >= 15 is 0 Å². The van der Waals surface area contributed by atoms with Gasteiger partial charge in [0.05, 0.1) is 20.3 Å². The van der Waals surface area contributed by atoms with E-state index in [1.807, 2.05) is 12.1 Å². The van der Waals surface area contributed by atoms with Gasteiger partial charge in [-0.05, 0) is 17.7 Å². The molecule has 1 heterocycles. The van der Waals surface area contributed by atoms with Crippen molar-refractivity contribution < 1.29 is 13.9 Å². The zero-order valence-corrected chi connectivity index (χ0v) is 14.6. The molecule has 7 heteroatoms. The van der Waals surface area contributed by atoms with Crippen molar-refractivity contribution in [1.29, 1.82) is 0 Å². The molecule has 1 aliphatic heterocycles. The quantitative estimate of drug-likeness (QED) is 0.848. The molecule has 21 heavy (non-hydrogen) atoms. The molecule has 4 nitrogen and oxygen atoms in total. The van der Waals surface area contributed by atoms with Gasteiger partial charge in [-0.25, -0.2) is 4.39 Å². The lowest BCUT2D eigenvalue weighted by Gasteiger charge is -2.34. The summed E-state index contributed by atoms with van der Waals surface area (Å²) >= 11 is 3.51. The van der Waals surface area contributed by atoms with Crippen molar-refractivity contribution in [2.24, 2.45) is 0 Å². The smallest absolute Gasteiger partial charge is 0.161 e. The van der Waals surface area contributed by atoms with E-state index in [-0.39, 0.29) is 18.4 Å². The van der Waals surface area contributed by atoms with Gasteiger partial charge in [0.2, 0.25) is 0 Å². The van der Waals surface area contributed by atoms with Crippen LogP contribution in [0.3, 0.4) is 0 Å². The normalized spacial score (nSPS) is 17.0. The lowest BCUT2D eigenvalue weighted by atomic mass is 10.0. The molecular formula is C14H21BrClFN2O2. The molecule has 120 valence electrons. The topological polar surface area (TPSA) is 33.7 Å². The molecular weight excluding hydrogens is 363 g/mol. The molecule has 0 radical (unpaired) electrons. The van der Waals surface area contributed by atoms with Crippen molar-refractivity contribution in [3.8, 4) is 11.5 Å². The highest BCUT2D eigenvalue weighted by molar-refractivity contribution is 9.10. The first-order chi connectivity index (χ1) is 9.71. The van der Waals surface area contributed by atoms with Crippen LogP contribution in [0.4, 0.5) is 4.39 Å². The number of alkyl halides is 1. The summed E-state index contributed by atoms with van der Waals surface area (Å²) in [5, 5.41) is 3.28. The fourth-order valence-electron chi connectivity index (χ4n) is 2.50. The summed E-state index contributed by atoms with van der Waals surface area (Å²) in [7, 11) is 3.18. The lowest BCUT2D eigenvalue weighted by molar-refractivity contribution is 0.147. The molecule has 1 aliphatic rings. The van der Waals surface area contributed by atoms with Crippen LogP contribution in [0.25, 0.3) is 0 Å². The van der Waals surface area contributed by atoms with E-state index in [0.717, 1.165) is 36.2 Å². The van der Waals surface area contributed by atoms with Gasteiger partial charge in [0.25, 0.3) is 0 Å². The minimum absolute atomic E-state index is 0. The Morgan fingerprint density at radius 3 is 2.33 bits per heavy atom. The second-order valence-corrected chi connectivity index (χ2v) is 5.54. The Kier molecular flexibility index (Phi) is 7.73. The van der Waals surface area contributed by atoms with Gasteiger partial charge < -0.3 is 14.8 Å². The molecule has 1 fully saturated rings. The first-order valence-electron chi connectivity index (χ1n) is 6.63. The van der Waals surface area contributed by atoms with E-state index in [1.165, 1.54) is 0 Å². The van der Waals surface area contributed by atoms with Gasteiger partial charge in [0, 0.05) is 30.7 Å². The summed E-state index contributed by atoms with van der Waals surface area (Å²) in [5.74, 6) is 1.26. The van der Waals surface area contributed by atoms with Crippen molar-refractivity contribution in [2.75, 3.05) is 47.1 Å². The van der Waals surface area contributed by atoms with Gasteiger partial charge in [-0.15, -0.1) is 12.4 Å². The third-order valence-corrected chi connectivity index (χ3v) is 4.29. The van der Waals surface area contributed by atoms with Gasteiger partial charge >= 0.3 is 0 Å². The van der Waals surface area contributed by atoms with Crippen LogP contribution in [-0.2, 0) is 0 Å². The average Bonchev–Trinajstić information content (AvgIpc) is 2.50. The Morgan fingerprint density at radius 2 is 1.81 bits per heavy atom. The number of nitrogens with zero attached hydrogens (tertiary/aromatic N) is 1. The number of ether oxygens (including phenoxy) is 2. The van der Waals surface area contributed by atoms with Gasteiger partial charge in [0.15, 0.2) is 11.5 Å². The van der Waals surface area contributed by atoms with Crippen molar-refractivity contribution in [2.45, 2.75) is 6.04 Å². The van der Waals surface area contributed by atoms with Crippen molar-refractivity contribution in [1.82, 2.24) is 10.2 Å². The maximum absolute atomic E-state index is 13.6. The highest BCUT2D eigenvalue weighted by Gasteiger charge is 2.25. The van der Waals surface area contributed by atoms with E-state index in [1.54, 1.807) is 14.2 Å². The van der Waals surface area contributed by atoms with Crippen molar-refractivity contribution >= 4 is 28.3 Å². The first kappa shape index (κ1) is 18.5. The van der Waals surface area contributed by atoms with Crippen LogP contribution < -0.4 is 14.8 Å². The summed E-state index contributed by atoms with van der Waals surface area (Å²) < 4.78 is 25.0. The highest BCUT2D eigenvalue weighted by Crippen LogP contribution is 2.38. The van der Waals surface area contributed by atoms with E-state index in [0.29, 0.717) is 11.5 Å². The van der Waals surface area contributed by atoms with Crippen LogP contribution in [0, 0.1) is 0 Å². The fraction of sp³-hybridized carbons (Fsp3) is 0.571. The van der Waals surface area contributed by atoms with Crippen LogP contribution >= 0.6 is 28.3 Å². The number of methoxy groups -OCH3 is 2. The summed E-state index contributed by atoms with van der Waals surface area (Å²) in [6, 6.07) is 3.43. The standard InChI is InChI=1S/C14H20BrFN2O2.ClH/c1-19-13-7-10(11(15)8-14(13)20-2)12(9-16)18-5-3-17-4-6-18;/h7-8,12,17H,3-6,9H2,1-2H3;1H/t12-;/m1./s1. The Bertz CT molecular complexity index is 459. The number of hydrogen-bond donors (Lipinski definition) is 1. The van der Waals surface area contributed by atoms with Crippen molar-refractivity contribution in [3.63, 3.8) is 0 Å². The van der Waals surface area contributed by atoms with Gasteiger partial charge in [-0.1, -0.05) is 15.9 Å². The highest BCUT2D eigenvalue weighted by atomic mass is 79.9. The molecule has 0 bridgehead atoms. The molecule has 1 aromatic carbocycles. The van der Waals surface area contributed by atoms with Crippen LogP contribution in [0.2, 0.25) is 0 Å². The number of halogens is 3. The third-order valence-electron chi connectivity index (χ3n) is 3.60. The third kappa shape index (κ3) is 4.22. The largest absolute Gasteiger partial charge is 0.493 e. The predicted molar refractivity (Wildman–Crippen MR) is 87.7 cm³/mol. The fourth-order valence-corrected chi connectivity index (χ4v) is 3.08. The summed E-state index contributed by atoms with van der Waals surface area (Å²) in [5.41, 5.74) is 0.895. The summed E-state index contributed by atoms with van der Waals surface area (Å²) in [6.45, 7) is 3.04. The van der Waals surface area contributed by atoms with E-state index in [4.69, 9.17) is 9.47 Å². The molecule has 1 saturated heterocycles. The zero-order valence-electron chi connectivity index (χ0n) is 12.2. The zero-order chi connectivity index (χ0) is 14.5. The molecule has 1 atom stereocenters. The number of hydrogen-bond acceptors (Lipinski definition) is 4. The number of piperazine rings is 1. The molecule has 0 aromatic heterocycles. The van der Waals surface area contributed by atoms with Gasteiger partial charge in [-0.2, -0.15) is 0 Å². The minimum Gasteiger partial charge on any atom is -0.493 e. The van der Waals surface area contributed by atoms with Crippen LogP contribution in [0.15, 0.2) is 16.6 Å². The summed E-state index contributed by atoms with van der Waals surface area (Å²) in [6.07, 6.45) is 0. The number of benzene rings is 1. The van der Waals surface area contributed by atoms with Gasteiger partial charge in [0.1, 0.15) is 6.67 Å². The van der Waals surface area contributed by atoms with Crippen LogP contribution in [-0.4, -0.2) is 52.0 Å². The minimum atomic E-state index is -0.423. The molecule has 0 spiro atoms. The van der Waals surface area contributed by atoms with E-state index in [9.17, 15) is 4.39 Å². The second kappa shape index (κ2) is 8.78. The Labute approximate surface area is 139 Å². The Hall–Kier alpha value is -0.560. The molecule has 2 rings (SSSR count). The molecule has 0 saturated carbocycles. The monoisotopic (exact) mass is 382 g/mol. The number of nitrogens with one attached hydrogen (secondary N) is 1. The SMILES string of the molecule is COc1cc(Br)c([C@@H](CF)N2CCNCC2)cc1OC.Cl. The Balaban J connectivity index is 0.00000220. The lowest BCUT2D eigenvalue weighted by Crippen LogP contribution is -2.45. The summed E-state index contributed by atoms with van der Waals surface area (Å²) in [4.78, 5) is 2.16.